The Morgan fingerprint density at radius 2 is 2.00 bits per heavy atom. The first-order valence-corrected chi connectivity index (χ1v) is 11.6. The van der Waals surface area contributed by atoms with E-state index in [1.165, 1.54) is 12.1 Å². The Morgan fingerprint density at radius 1 is 1.24 bits per heavy atom. The van der Waals surface area contributed by atoms with Crippen LogP contribution in [0.25, 0.3) is 10.9 Å². The van der Waals surface area contributed by atoms with Crippen molar-refractivity contribution in [2.24, 2.45) is 0 Å². The summed E-state index contributed by atoms with van der Waals surface area (Å²) in [4.78, 5) is 13.9. The average molecular weight is 454 g/mol. The zero-order chi connectivity index (χ0) is 20.6. The van der Waals surface area contributed by atoms with Crippen LogP contribution in [-0.4, -0.2) is 42.3 Å². The van der Waals surface area contributed by atoms with Crippen molar-refractivity contribution >= 4 is 48.3 Å². The number of rotatable bonds is 4. The summed E-state index contributed by atoms with van der Waals surface area (Å²) in [7, 11) is 1.54. The van der Waals surface area contributed by atoms with Gasteiger partial charge in [0.25, 0.3) is 9.05 Å². The van der Waals surface area contributed by atoms with E-state index in [9.17, 15) is 13.2 Å². The topological polar surface area (TPSA) is 81.5 Å². The molecule has 152 valence electrons. The van der Waals surface area contributed by atoms with Gasteiger partial charge in [-0.25, -0.2) is 13.2 Å². The van der Waals surface area contributed by atoms with Gasteiger partial charge >= 0.3 is 6.09 Å². The molecule has 7 nitrogen and oxygen atoms in total. The largest absolute Gasteiger partial charge is 0.445 e. The molecule has 2 heterocycles. The smallest absolute Gasteiger partial charge is 0.410 e. The van der Waals surface area contributed by atoms with Crippen LogP contribution in [0.2, 0.25) is 5.02 Å². The van der Waals surface area contributed by atoms with Crippen molar-refractivity contribution in [1.82, 2.24) is 14.7 Å². The highest BCUT2D eigenvalue weighted by atomic mass is 35.7. The second-order valence-electron chi connectivity index (χ2n) is 6.79. The molecule has 0 N–H and O–H groups in total. The summed E-state index contributed by atoms with van der Waals surface area (Å²) in [6, 6.07) is 12.1. The first kappa shape index (κ1) is 20.0. The minimum atomic E-state index is -3.93. The van der Waals surface area contributed by atoms with Crippen LogP contribution in [0, 0.1) is 0 Å². The van der Waals surface area contributed by atoms with Crippen molar-refractivity contribution in [2.75, 3.05) is 13.1 Å². The molecule has 1 unspecified atom stereocenters. The van der Waals surface area contributed by atoms with Gasteiger partial charge < -0.3 is 9.64 Å². The molecule has 10 heteroatoms. The van der Waals surface area contributed by atoms with E-state index < -0.39 is 15.1 Å². The van der Waals surface area contributed by atoms with Crippen LogP contribution in [0.5, 0.6) is 0 Å². The van der Waals surface area contributed by atoms with Crippen LogP contribution in [-0.2, 0) is 20.4 Å². The van der Waals surface area contributed by atoms with Gasteiger partial charge in [0.15, 0.2) is 0 Å². The number of aromatic nitrogens is 2. The average Bonchev–Trinajstić information content (AvgIpc) is 3.33. The van der Waals surface area contributed by atoms with E-state index in [0.29, 0.717) is 30.4 Å². The van der Waals surface area contributed by atoms with Crippen LogP contribution in [0.1, 0.15) is 18.0 Å². The standard InChI is InChI=1S/C19H17Cl2N3O4S/c20-17-8-15(29(21,26)27)9-18-16(17)10-22-24(18)14-6-7-23(11-14)19(25)28-12-13-4-2-1-3-5-13/h1-5,8-10,14H,6-7,11-12H2. The maximum absolute atomic E-state index is 12.4. The lowest BCUT2D eigenvalue weighted by Gasteiger charge is -2.17. The summed E-state index contributed by atoms with van der Waals surface area (Å²) in [6.07, 6.45) is 1.85. The molecule has 3 aromatic rings. The fourth-order valence-corrected chi connectivity index (χ4v) is 4.53. The third-order valence-corrected chi connectivity index (χ3v) is 6.54. The molecule has 1 aliphatic heterocycles. The first-order chi connectivity index (χ1) is 13.8. The van der Waals surface area contributed by atoms with Gasteiger partial charge in [-0.3, -0.25) is 4.68 Å². The third-order valence-electron chi connectivity index (χ3n) is 4.89. The van der Waals surface area contributed by atoms with Crippen LogP contribution in [0.4, 0.5) is 4.79 Å². The Bertz CT molecular complexity index is 1160. The lowest BCUT2D eigenvalue weighted by Crippen LogP contribution is -2.29. The molecule has 1 atom stereocenters. The fraction of sp³-hybridized carbons (Fsp3) is 0.263. The van der Waals surface area contributed by atoms with E-state index in [1.807, 2.05) is 30.3 Å². The van der Waals surface area contributed by atoms with Crippen LogP contribution in [0.3, 0.4) is 0 Å². The summed E-state index contributed by atoms with van der Waals surface area (Å²) in [5, 5.41) is 5.24. The van der Waals surface area contributed by atoms with Gasteiger partial charge in [-0.05, 0) is 24.1 Å². The minimum absolute atomic E-state index is 0.0875. The van der Waals surface area contributed by atoms with E-state index in [4.69, 9.17) is 27.0 Å². The normalized spacial score (nSPS) is 17.0. The molecule has 0 aliphatic carbocycles. The number of nitrogens with zero attached hydrogens (tertiary/aromatic N) is 3. The summed E-state index contributed by atoms with van der Waals surface area (Å²) in [6.45, 7) is 1.12. The molecule has 2 aromatic carbocycles. The molecule has 1 fully saturated rings. The van der Waals surface area contributed by atoms with E-state index in [1.54, 1.807) is 15.8 Å². The maximum atomic E-state index is 12.4. The van der Waals surface area contributed by atoms with Crippen LogP contribution >= 0.6 is 22.3 Å². The van der Waals surface area contributed by atoms with E-state index in [2.05, 4.69) is 5.10 Å². The van der Waals surface area contributed by atoms with Crippen molar-refractivity contribution in [3.05, 3.63) is 59.2 Å². The lowest BCUT2D eigenvalue weighted by molar-refractivity contribution is 0.103. The Balaban J connectivity index is 1.51. The number of amides is 1. The molecule has 0 spiro atoms. The Morgan fingerprint density at radius 3 is 2.72 bits per heavy atom. The molecule has 1 amide bonds. The summed E-state index contributed by atoms with van der Waals surface area (Å²) >= 11 is 6.21. The number of likely N-dealkylation sites (tertiary alicyclic amines) is 1. The molecule has 1 aromatic heterocycles. The maximum Gasteiger partial charge on any atom is 0.410 e. The fourth-order valence-electron chi connectivity index (χ4n) is 3.43. The van der Waals surface area contributed by atoms with E-state index in [-0.39, 0.29) is 22.6 Å². The first-order valence-electron chi connectivity index (χ1n) is 8.90. The number of ether oxygens (including phenoxy) is 1. The highest BCUT2D eigenvalue weighted by Gasteiger charge is 2.30. The zero-order valence-corrected chi connectivity index (χ0v) is 17.5. The van der Waals surface area contributed by atoms with Gasteiger partial charge in [-0.2, -0.15) is 5.10 Å². The molecule has 29 heavy (non-hydrogen) atoms. The SMILES string of the molecule is O=C(OCc1ccccc1)N1CCC(n2ncc3c(Cl)cc(S(=O)(=O)Cl)cc32)C1. The second-order valence-corrected chi connectivity index (χ2v) is 9.77. The minimum Gasteiger partial charge on any atom is -0.445 e. The molecule has 0 saturated carbocycles. The molecule has 4 rings (SSSR count). The lowest BCUT2D eigenvalue weighted by atomic mass is 10.2. The van der Waals surface area contributed by atoms with Gasteiger partial charge in [0.05, 0.1) is 27.7 Å². The van der Waals surface area contributed by atoms with Crippen molar-refractivity contribution in [3.8, 4) is 0 Å². The number of fused-ring (bicyclic) bond motifs is 1. The number of carbonyl (C=O) groups is 1. The molecule has 1 saturated heterocycles. The Hall–Kier alpha value is -2.29. The van der Waals surface area contributed by atoms with Crippen molar-refractivity contribution in [1.29, 1.82) is 0 Å². The summed E-state index contributed by atoms with van der Waals surface area (Å²) in [5.74, 6) is 0. The molecule has 0 radical (unpaired) electrons. The highest BCUT2D eigenvalue weighted by Crippen LogP contribution is 2.32. The molecular weight excluding hydrogens is 437 g/mol. The van der Waals surface area contributed by atoms with Gasteiger partial charge in [-0.15, -0.1) is 0 Å². The molecular formula is C19H17Cl2N3O4S. The van der Waals surface area contributed by atoms with E-state index in [0.717, 1.165) is 5.56 Å². The number of hydrogen-bond donors (Lipinski definition) is 0. The number of benzene rings is 2. The number of hydrogen-bond acceptors (Lipinski definition) is 5. The van der Waals surface area contributed by atoms with Crippen molar-refractivity contribution < 1.29 is 17.9 Å². The van der Waals surface area contributed by atoms with Gasteiger partial charge in [-0.1, -0.05) is 41.9 Å². The molecule has 1 aliphatic rings. The second kappa shape index (κ2) is 7.85. The Labute approximate surface area is 177 Å². The Kier molecular flexibility index (Phi) is 5.42. The quantitative estimate of drug-likeness (QED) is 0.552. The van der Waals surface area contributed by atoms with Crippen molar-refractivity contribution in [3.63, 3.8) is 0 Å². The zero-order valence-electron chi connectivity index (χ0n) is 15.2. The third kappa shape index (κ3) is 4.19. The highest BCUT2D eigenvalue weighted by molar-refractivity contribution is 8.13. The van der Waals surface area contributed by atoms with Crippen molar-refractivity contribution in [2.45, 2.75) is 24.0 Å². The van der Waals surface area contributed by atoms with Gasteiger partial charge in [0, 0.05) is 29.2 Å². The van der Waals surface area contributed by atoms with Crippen LogP contribution < -0.4 is 0 Å². The predicted octanol–water partition coefficient (Wildman–Crippen LogP) is 4.20. The summed E-state index contributed by atoms with van der Waals surface area (Å²) < 4.78 is 30.5. The van der Waals surface area contributed by atoms with Gasteiger partial charge in [0.2, 0.25) is 0 Å². The number of halogens is 2. The van der Waals surface area contributed by atoms with E-state index >= 15 is 0 Å². The monoisotopic (exact) mass is 453 g/mol. The molecule has 0 bridgehead atoms. The van der Waals surface area contributed by atoms with Gasteiger partial charge in [0.1, 0.15) is 6.61 Å². The summed E-state index contributed by atoms with van der Waals surface area (Å²) in [5.41, 5.74) is 1.47. The predicted molar refractivity (Wildman–Crippen MR) is 110 cm³/mol. The van der Waals surface area contributed by atoms with Crippen LogP contribution in [0.15, 0.2) is 53.6 Å². The number of carbonyl (C=O) groups excluding carboxylic acids is 1.